The number of unbranched alkanes of at least 4 members (excludes halogenated alkanes) is 1. The van der Waals surface area contributed by atoms with E-state index in [0.29, 0.717) is 34.3 Å². The second-order valence-electron chi connectivity index (χ2n) is 3.64. The maximum Gasteiger partial charge on any atom is 0.166 e. The van der Waals surface area contributed by atoms with Crippen molar-refractivity contribution >= 4 is 34.7 Å². The summed E-state index contributed by atoms with van der Waals surface area (Å²) in [5.41, 5.74) is 6.52. The van der Waals surface area contributed by atoms with Crippen molar-refractivity contribution in [3.05, 3.63) is 22.7 Å². The lowest BCUT2D eigenvalue weighted by molar-refractivity contribution is 0.0977. The molecule has 0 saturated carbocycles. The van der Waals surface area contributed by atoms with Gasteiger partial charge >= 0.3 is 0 Å². The zero-order valence-corrected chi connectivity index (χ0v) is 11.1. The van der Waals surface area contributed by atoms with Crippen molar-refractivity contribution in [2.75, 3.05) is 18.7 Å². The first-order valence-corrected chi connectivity index (χ1v) is 6.23. The molecule has 3 nitrogen and oxygen atoms in total. The molecule has 0 aliphatic heterocycles. The Labute approximate surface area is 111 Å². The minimum absolute atomic E-state index is 0.00568. The zero-order valence-electron chi connectivity index (χ0n) is 9.63. The van der Waals surface area contributed by atoms with Gasteiger partial charge in [0.2, 0.25) is 0 Å². The highest BCUT2D eigenvalue weighted by Crippen LogP contribution is 2.29. The maximum absolute atomic E-state index is 11.9. The highest BCUT2D eigenvalue weighted by atomic mass is 35.5. The topological polar surface area (TPSA) is 52.3 Å². The third-order valence-corrected chi connectivity index (χ3v) is 3.00. The fourth-order valence-corrected chi connectivity index (χ4v) is 1.82. The van der Waals surface area contributed by atoms with Gasteiger partial charge in [0.25, 0.3) is 0 Å². The van der Waals surface area contributed by atoms with E-state index in [1.54, 1.807) is 12.1 Å². The molecule has 0 unspecified atom stereocenters. The molecule has 1 aromatic rings. The molecule has 1 aromatic carbocycles. The number of hydrogen-bond acceptors (Lipinski definition) is 3. The molecule has 2 N–H and O–H groups in total. The van der Waals surface area contributed by atoms with Crippen LogP contribution in [0.3, 0.4) is 0 Å². The molecule has 0 aromatic heterocycles. The maximum atomic E-state index is 11.9. The first kappa shape index (κ1) is 14.1. The van der Waals surface area contributed by atoms with E-state index in [1.165, 1.54) is 7.11 Å². The number of anilines is 1. The number of alkyl halides is 1. The van der Waals surface area contributed by atoms with Crippen LogP contribution in [0.15, 0.2) is 12.1 Å². The van der Waals surface area contributed by atoms with E-state index in [9.17, 15) is 4.79 Å². The fraction of sp³-hybridized carbons (Fsp3) is 0.417. The molecule has 0 spiro atoms. The number of rotatable bonds is 6. The van der Waals surface area contributed by atoms with Gasteiger partial charge in [-0.25, -0.2) is 0 Å². The Morgan fingerprint density at radius 1 is 1.41 bits per heavy atom. The van der Waals surface area contributed by atoms with Crippen molar-refractivity contribution in [2.24, 2.45) is 0 Å². The monoisotopic (exact) mass is 275 g/mol. The van der Waals surface area contributed by atoms with Gasteiger partial charge in [0.15, 0.2) is 5.78 Å². The quantitative estimate of drug-likeness (QED) is 0.374. The summed E-state index contributed by atoms with van der Waals surface area (Å²) < 4.78 is 5.12. The summed E-state index contributed by atoms with van der Waals surface area (Å²) in [7, 11) is 1.50. The number of ether oxygens (including phenoxy) is 1. The molecule has 0 aliphatic carbocycles. The van der Waals surface area contributed by atoms with Crippen LogP contribution in [0.4, 0.5) is 5.69 Å². The minimum Gasteiger partial charge on any atom is -0.496 e. The van der Waals surface area contributed by atoms with Crippen molar-refractivity contribution in [2.45, 2.75) is 19.3 Å². The van der Waals surface area contributed by atoms with E-state index in [0.717, 1.165) is 12.8 Å². The Kier molecular flexibility index (Phi) is 5.59. The molecule has 0 atom stereocenters. The van der Waals surface area contributed by atoms with Gasteiger partial charge in [0.1, 0.15) is 5.75 Å². The fourth-order valence-electron chi connectivity index (χ4n) is 1.47. The van der Waals surface area contributed by atoms with E-state index in [2.05, 4.69) is 0 Å². The molecule has 0 radical (unpaired) electrons. The average Bonchev–Trinajstić information content (AvgIpc) is 2.32. The number of methoxy groups -OCH3 is 1. The number of nitrogen functional groups attached to an aromatic ring is 1. The second-order valence-corrected chi connectivity index (χ2v) is 4.43. The first-order chi connectivity index (χ1) is 8.10. The van der Waals surface area contributed by atoms with Crippen LogP contribution < -0.4 is 10.5 Å². The number of nitrogens with two attached hydrogens (primary N) is 1. The molecule has 0 heterocycles. The summed E-state index contributed by atoms with van der Waals surface area (Å²) in [4.78, 5) is 11.9. The molecule has 94 valence electrons. The van der Waals surface area contributed by atoms with Crippen LogP contribution in [-0.4, -0.2) is 18.8 Å². The van der Waals surface area contributed by atoms with Crippen molar-refractivity contribution in [1.82, 2.24) is 0 Å². The molecule has 17 heavy (non-hydrogen) atoms. The summed E-state index contributed by atoms with van der Waals surface area (Å²) in [5.74, 6) is 1.02. The van der Waals surface area contributed by atoms with Gasteiger partial charge in [-0.2, -0.15) is 0 Å². The van der Waals surface area contributed by atoms with Gasteiger partial charge in [0, 0.05) is 18.4 Å². The third-order valence-electron chi connectivity index (χ3n) is 2.41. The normalized spacial score (nSPS) is 10.3. The number of ketones is 1. The highest BCUT2D eigenvalue weighted by molar-refractivity contribution is 6.33. The average molecular weight is 276 g/mol. The Morgan fingerprint density at radius 2 is 2.12 bits per heavy atom. The summed E-state index contributed by atoms with van der Waals surface area (Å²) in [6, 6.07) is 3.12. The summed E-state index contributed by atoms with van der Waals surface area (Å²) >= 11 is 11.5. The third kappa shape index (κ3) is 3.79. The molecule has 1 rings (SSSR count). The zero-order chi connectivity index (χ0) is 12.8. The largest absolute Gasteiger partial charge is 0.496 e. The minimum atomic E-state index is -0.00568. The van der Waals surface area contributed by atoms with E-state index >= 15 is 0 Å². The van der Waals surface area contributed by atoms with E-state index in [1.807, 2.05) is 0 Å². The van der Waals surface area contributed by atoms with Gasteiger partial charge in [-0.3, -0.25) is 4.79 Å². The first-order valence-electron chi connectivity index (χ1n) is 5.32. The molecule has 0 amide bonds. The molecule has 5 heteroatoms. The Morgan fingerprint density at radius 3 is 2.71 bits per heavy atom. The van der Waals surface area contributed by atoms with Crippen LogP contribution in [0.1, 0.15) is 29.6 Å². The van der Waals surface area contributed by atoms with Gasteiger partial charge in [0.05, 0.1) is 23.4 Å². The second kappa shape index (κ2) is 6.72. The van der Waals surface area contributed by atoms with E-state index in [-0.39, 0.29) is 5.78 Å². The standard InChI is InChI=1S/C12H15Cl2NO2/c1-17-12-7-10(15)9(14)6-8(12)11(16)4-2-3-5-13/h6-7H,2-5,15H2,1H3. The van der Waals surface area contributed by atoms with Crippen molar-refractivity contribution in [1.29, 1.82) is 0 Å². The van der Waals surface area contributed by atoms with Gasteiger partial charge in [-0.05, 0) is 18.9 Å². The van der Waals surface area contributed by atoms with Crippen LogP contribution in [0, 0.1) is 0 Å². The predicted molar refractivity (Wildman–Crippen MR) is 71.3 cm³/mol. The number of hydrogen-bond donors (Lipinski definition) is 1. The molecule has 0 bridgehead atoms. The summed E-state index contributed by atoms with van der Waals surface area (Å²) in [5, 5.41) is 0.367. The van der Waals surface area contributed by atoms with Crippen molar-refractivity contribution in [3.63, 3.8) is 0 Å². The number of benzene rings is 1. The molecular weight excluding hydrogens is 261 g/mol. The predicted octanol–water partition coefficient (Wildman–Crippen LogP) is 3.52. The van der Waals surface area contributed by atoms with Gasteiger partial charge in [-0.15, -0.1) is 11.6 Å². The summed E-state index contributed by atoms with van der Waals surface area (Å²) in [6.45, 7) is 0. The lowest BCUT2D eigenvalue weighted by atomic mass is 10.0. The molecular formula is C12H15Cl2NO2. The summed E-state index contributed by atoms with van der Waals surface area (Å²) in [6.07, 6.45) is 2.01. The highest BCUT2D eigenvalue weighted by Gasteiger charge is 2.14. The van der Waals surface area contributed by atoms with E-state index < -0.39 is 0 Å². The SMILES string of the molecule is COc1cc(N)c(Cl)cc1C(=O)CCCCCl. The van der Waals surface area contributed by atoms with Crippen molar-refractivity contribution < 1.29 is 9.53 Å². The Bertz CT molecular complexity index is 408. The number of halogens is 2. The Hall–Kier alpha value is -0.930. The molecule has 0 fully saturated rings. The lowest BCUT2D eigenvalue weighted by Crippen LogP contribution is -2.03. The molecule has 0 saturated heterocycles. The van der Waals surface area contributed by atoms with Crippen LogP contribution in [0.25, 0.3) is 0 Å². The van der Waals surface area contributed by atoms with E-state index in [4.69, 9.17) is 33.7 Å². The van der Waals surface area contributed by atoms with Gasteiger partial charge < -0.3 is 10.5 Å². The van der Waals surface area contributed by atoms with Gasteiger partial charge in [-0.1, -0.05) is 11.6 Å². The lowest BCUT2D eigenvalue weighted by Gasteiger charge is -2.09. The molecule has 0 aliphatic rings. The van der Waals surface area contributed by atoms with Crippen LogP contribution in [-0.2, 0) is 0 Å². The number of carbonyl (C=O) groups is 1. The Balaban J connectivity index is 2.88. The van der Waals surface area contributed by atoms with Crippen molar-refractivity contribution in [3.8, 4) is 5.75 Å². The van der Waals surface area contributed by atoms with Crippen LogP contribution in [0.2, 0.25) is 5.02 Å². The smallest absolute Gasteiger partial charge is 0.166 e. The van der Waals surface area contributed by atoms with Crippen LogP contribution >= 0.6 is 23.2 Å². The number of Topliss-reactive ketones (excluding diaryl/α,β-unsaturated/α-hetero) is 1. The number of carbonyl (C=O) groups excluding carboxylic acids is 1. The van der Waals surface area contributed by atoms with Crippen LogP contribution in [0.5, 0.6) is 5.75 Å².